The monoisotopic (exact) mass is 1720 g/mol. The van der Waals surface area contributed by atoms with Crippen LogP contribution in [0.5, 0.6) is 0 Å². The molecule has 118 heavy (non-hydrogen) atoms. The molecule has 10 rings (SSSR count). The number of likely N-dealkylation sites (N-methyl/N-ethyl adjacent to an activating group) is 2. The van der Waals surface area contributed by atoms with Gasteiger partial charge in [-0.3, -0.25) is 49.1 Å². The summed E-state index contributed by atoms with van der Waals surface area (Å²) in [5.41, 5.74) is -0.204. The third-order valence-corrected chi connectivity index (χ3v) is 27.7. The minimum absolute atomic E-state index is 0.00123. The maximum atomic E-state index is 14.5. The predicted octanol–water partition coefficient (Wildman–Crippen LogP) is 11.2. The number of aliphatic hydroxyl groups is 2. The lowest BCUT2D eigenvalue weighted by molar-refractivity contribution is -0.162. The molecule has 8 bridgehead atoms. The lowest BCUT2D eigenvalue weighted by Gasteiger charge is -2.42. The van der Waals surface area contributed by atoms with Gasteiger partial charge in [0.1, 0.15) is 60.9 Å². The first-order chi connectivity index (χ1) is 56.4. The number of alkyl carbamates (subject to hydrolysis) is 2. The molecular formula is C87H117Cl2N7O20S2. The third kappa shape index (κ3) is 22.3. The van der Waals surface area contributed by atoms with Crippen molar-refractivity contribution in [1.29, 1.82) is 0 Å². The van der Waals surface area contributed by atoms with Crippen LogP contribution in [0.2, 0.25) is 10.0 Å². The normalized spacial score (nSPS) is 33.0. The molecule has 18 atom stereocenters. The van der Waals surface area contributed by atoms with Crippen LogP contribution in [0, 0.1) is 61.7 Å². The van der Waals surface area contributed by atoms with Gasteiger partial charge in [-0.2, -0.15) is 0 Å². The molecule has 6 fully saturated rings. The van der Waals surface area contributed by atoms with Gasteiger partial charge >= 0.3 is 24.1 Å². The summed E-state index contributed by atoms with van der Waals surface area (Å²) in [6.45, 7) is 21.6. The maximum Gasteiger partial charge on any atom is 0.409 e. The average Bonchev–Trinajstić information content (AvgIpc) is 1.57. The molecule has 31 heteroatoms. The number of terminal acetylenes is 1. The molecule has 0 radical (unpaired) electrons. The number of allylic oxidation sites excluding steroid dienone is 6. The van der Waals surface area contributed by atoms with E-state index >= 15 is 0 Å². The quantitative estimate of drug-likeness (QED) is 0.0376. The van der Waals surface area contributed by atoms with Crippen LogP contribution in [0.3, 0.4) is 0 Å². The number of aryl methyl sites for hydroxylation is 2. The SMILES string of the molecule is COC1/C=C/C=C(\C)Cc2cc(C)c(Cl)c(c2)N(C)C(=O)CC(OC(=O)C(C)N(C)C(=O)CCSC(=O)C2CCC(CN3C(=O)CC(SCCC(=O)N(C)C(C)C(=O)OC4CC(=O)N(C)c5cc(cc(C)c5Cl)C/C(C)=C/C=C/C(C)C5(O)CC(OC(=O)N5)C(C)C5OC45C)C3=O)CC2)C2(C)OC2C(C)C2CC1(O)NC(=O)O2.[2H]C#CC(C)C[2H]. The van der Waals surface area contributed by atoms with Crippen LogP contribution in [0.25, 0.3) is 0 Å². The minimum Gasteiger partial charge on any atom is -0.457 e. The molecule has 27 nitrogen and oxygen atoms in total. The number of nitrogens with zero attached hydrogens (tertiary/aromatic N) is 5. The zero-order valence-electron chi connectivity index (χ0n) is 72.6. The standard InChI is InChI=1S/C82H109Cl2N7O20S2.C5H8/c1-43-19-17-21-47(5)81(103)40-58(106-77(101)85-81)48(6)71-79(10,110-71)62(38-66(94)89(14)56-35-53(31-43)33-45(3)69(56)83)108-74(98)50(8)87(12)64(92)27-29-112-60-37-68(96)91(73(60)97)42-52-23-25-55(26-24-52)76(100)113-30-28-65(93)88(13)51(9)75(99)109-63-39-67(95)90(15)57-36-54(34-46(4)70(57)84)32-44(2)20-18-22-61(105-16)82(104)41-59(107-78(102)86-82)49(7)72-80(63,11)111-72;1-4-5(2)3/h17-22,33-36,47-52,55,58-63,71-72,103-104H,23-32,37-42H2,1-16H3,(H,85,101)(H,86,102);1,5H,2-3H3/b21-17+,22-18+,43-19+,44-20+;/i;1D,2D. The summed E-state index contributed by atoms with van der Waals surface area (Å²) in [7, 11) is 7.48. The summed E-state index contributed by atoms with van der Waals surface area (Å²) in [6.07, 6.45) is 6.43. The van der Waals surface area contributed by atoms with E-state index < -0.39 is 148 Å². The number of rotatable bonds is 17. The van der Waals surface area contributed by atoms with Gasteiger partial charge in [0.25, 0.3) is 0 Å². The van der Waals surface area contributed by atoms with Gasteiger partial charge in [0.05, 0.1) is 51.7 Å². The average molecular weight is 1720 g/mol. The van der Waals surface area contributed by atoms with Gasteiger partial charge in [-0.05, 0) is 134 Å². The van der Waals surface area contributed by atoms with Crippen LogP contribution >= 0.6 is 46.7 Å². The highest BCUT2D eigenvalue weighted by Crippen LogP contribution is 2.52. The minimum atomic E-state index is -1.89. The zero-order valence-corrected chi connectivity index (χ0v) is 73.7. The smallest absolute Gasteiger partial charge is 0.409 e. The van der Waals surface area contributed by atoms with E-state index in [1.54, 1.807) is 60.9 Å². The summed E-state index contributed by atoms with van der Waals surface area (Å²) < 4.78 is 55.5. The van der Waals surface area contributed by atoms with Gasteiger partial charge in [-0.25, -0.2) is 19.2 Å². The summed E-state index contributed by atoms with van der Waals surface area (Å²) in [5.74, 6) is -3.42. The summed E-state index contributed by atoms with van der Waals surface area (Å²) >= 11 is 16.0. The van der Waals surface area contributed by atoms with Crippen LogP contribution in [-0.4, -0.2) is 226 Å². The highest BCUT2D eigenvalue weighted by molar-refractivity contribution is 8.13. The van der Waals surface area contributed by atoms with Gasteiger partial charge in [0.15, 0.2) is 10.8 Å². The zero-order chi connectivity index (χ0) is 88.5. The number of methoxy groups -OCH3 is 1. The van der Waals surface area contributed by atoms with E-state index in [9.17, 15) is 63.0 Å². The maximum absolute atomic E-state index is 14.5. The van der Waals surface area contributed by atoms with Crippen molar-refractivity contribution in [3.05, 3.63) is 104 Å². The topological polar surface area (TPSA) is 340 Å². The number of hydrogen-bond donors (Lipinski definition) is 4. The van der Waals surface area contributed by atoms with Crippen molar-refractivity contribution in [2.75, 3.05) is 63.2 Å². The molecule has 4 N–H and O–H groups in total. The molecule has 8 amide bonds. The molecular weight excluding hydrogens is 1600 g/mol. The highest BCUT2D eigenvalue weighted by Gasteiger charge is 2.66. The summed E-state index contributed by atoms with van der Waals surface area (Å²) in [6, 6.07) is 5.20. The number of amides is 8. The number of fused-ring (bicyclic) bond motifs is 10. The van der Waals surface area contributed by atoms with Gasteiger partial charge in [-0.15, -0.1) is 24.1 Å². The first-order valence-corrected chi connectivity index (χ1v) is 43.1. The Morgan fingerprint density at radius 3 is 1.63 bits per heavy atom. The van der Waals surface area contributed by atoms with Crippen molar-refractivity contribution >= 4 is 123 Å². The van der Waals surface area contributed by atoms with Crippen molar-refractivity contribution in [1.82, 2.24) is 25.3 Å². The number of esters is 2. The molecule has 2 aromatic carbocycles. The van der Waals surface area contributed by atoms with E-state index in [1.165, 1.54) is 71.3 Å². The Hall–Kier alpha value is -7.79. The molecule has 5 saturated heterocycles. The van der Waals surface area contributed by atoms with E-state index in [2.05, 4.69) is 16.6 Å². The van der Waals surface area contributed by atoms with Crippen molar-refractivity contribution in [2.24, 2.45) is 35.5 Å². The Morgan fingerprint density at radius 2 is 1.16 bits per heavy atom. The number of likely N-dealkylation sites (tertiary alicyclic amines) is 1. The van der Waals surface area contributed by atoms with Crippen molar-refractivity contribution in [3.8, 4) is 12.3 Å². The number of epoxide rings is 2. The molecule has 0 spiro atoms. The highest BCUT2D eigenvalue weighted by atomic mass is 35.5. The van der Waals surface area contributed by atoms with Crippen molar-refractivity contribution < 1.29 is 98.9 Å². The number of carbonyl (C=O) groups excluding carboxylic acids is 11. The van der Waals surface area contributed by atoms with E-state index in [4.69, 9.17) is 59.1 Å². The van der Waals surface area contributed by atoms with E-state index in [0.717, 1.165) is 45.2 Å². The lowest BCUT2D eigenvalue weighted by Crippen LogP contribution is -2.63. The Labute approximate surface area is 714 Å². The van der Waals surface area contributed by atoms with Crippen LogP contribution in [0.15, 0.2) is 71.9 Å². The fourth-order valence-corrected chi connectivity index (χ4v) is 18.8. The molecule has 7 aliphatic heterocycles. The largest absolute Gasteiger partial charge is 0.457 e. The van der Waals surface area contributed by atoms with Crippen LogP contribution in [-0.2, 0) is 89.2 Å². The molecule has 8 aliphatic rings. The van der Waals surface area contributed by atoms with Crippen LogP contribution in [0.4, 0.5) is 21.0 Å². The lowest BCUT2D eigenvalue weighted by atomic mass is 9.82. The molecule has 1 saturated carbocycles. The number of halogens is 2. The number of anilines is 2. The molecule has 7 heterocycles. The van der Waals surface area contributed by atoms with E-state index in [1.807, 2.05) is 89.6 Å². The second-order valence-electron chi connectivity index (χ2n) is 33.5. The third-order valence-electron chi connectivity index (χ3n) is 24.4. The van der Waals surface area contributed by atoms with Crippen molar-refractivity contribution in [2.45, 2.75) is 256 Å². The molecule has 646 valence electrons. The Kier molecular flexibility index (Phi) is 30.4. The Bertz CT molecular complexity index is 4420. The first kappa shape index (κ1) is 91.0. The van der Waals surface area contributed by atoms with Gasteiger partial charge in [-0.1, -0.05) is 129 Å². The summed E-state index contributed by atoms with van der Waals surface area (Å²) in [4.78, 5) is 159. The molecule has 18 unspecified atom stereocenters. The number of hydrogen-bond acceptors (Lipinski definition) is 22. The van der Waals surface area contributed by atoms with Crippen molar-refractivity contribution in [3.63, 3.8) is 0 Å². The first-order valence-electron chi connectivity index (χ1n) is 41.5. The van der Waals surface area contributed by atoms with Gasteiger partial charge in [0, 0.05) is 116 Å². The number of carbonyl (C=O) groups is 11. The Morgan fingerprint density at radius 1 is 0.695 bits per heavy atom. The van der Waals surface area contributed by atoms with E-state index in [-0.39, 0.29) is 97.7 Å². The number of imide groups is 1. The number of ether oxygens (including phenoxy) is 7. The fraction of sp³-hybridized carbons (Fsp3) is 0.621. The van der Waals surface area contributed by atoms with Gasteiger partial charge < -0.3 is 63.0 Å². The van der Waals surface area contributed by atoms with Gasteiger partial charge in [0.2, 0.25) is 35.4 Å². The summed E-state index contributed by atoms with van der Waals surface area (Å²) in [5, 5.41) is 28.8. The van der Waals surface area contributed by atoms with Crippen LogP contribution in [0.1, 0.15) is 172 Å². The second-order valence-corrected chi connectivity index (χ2v) is 36.7. The number of benzene rings is 2. The molecule has 0 aromatic heterocycles. The number of thioether (sulfide) groups is 2. The second kappa shape index (κ2) is 39.4. The Balaban J connectivity index is 0.00000224. The molecule has 1 aliphatic carbocycles. The fourth-order valence-electron chi connectivity index (χ4n) is 16.2. The molecule has 2 aromatic rings. The van der Waals surface area contributed by atoms with E-state index in [0.29, 0.717) is 66.8 Å². The van der Waals surface area contributed by atoms with Crippen LogP contribution < -0.4 is 20.4 Å². The predicted molar refractivity (Wildman–Crippen MR) is 450 cm³/mol. The number of nitrogens with one attached hydrogen (secondary N) is 2.